The average molecular weight is 321 g/mol. The van der Waals surface area contributed by atoms with Crippen LogP contribution in [-0.4, -0.2) is 35.0 Å². The maximum Gasteiger partial charge on any atom is 0.253 e. The normalized spacial score (nSPS) is 14.9. The third-order valence-electron chi connectivity index (χ3n) is 4.15. The number of carbonyl (C=O) groups is 1. The number of likely N-dealkylation sites (tertiary alicyclic amines) is 1. The molecule has 0 radical (unpaired) electrons. The number of benzene rings is 1. The SMILES string of the molecule is Cc1ccc(OC2CCN(C(=O)c3cccc(C#N)c3)CC2)cn1. The van der Waals surface area contributed by atoms with Crippen molar-refractivity contribution in [1.82, 2.24) is 9.88 Å². The van der Waals surface area contributed by atoms with Gasteiger partial charge < -0.3 is 9.64 Å². The van der Waals surface area contributed by atoms with Crippen molar-refractivity contribution in [3.8, 4) is 11.8 Å². The molecule has 1 amide bonds. The molecule has 0 saturated carbocycles. The summed E-state index contributed by atoms with van der Waals surface area (Å²) in [5.74, 6) is 0.745. The van der Waals surface area contributed by atoms with Crippen LogP contribution in [0.2, 0.25) is 0 Å². The number of amides is 1. The van der Waals surface area contributed by atoms with Gasteiger partial charge >= 0.3 is 0 Å². The van der Waals surface area contributed by atoms with Crippen LogP contribution in [0.5, 0.6) is 5.75 Å². The van der Waals surface area contributed by atoms with Crippen LogP contribution in [0.25, 0.3) is 0 Å². The zero-order chi connectivity index (χ0) is 16.9. The molecule has 5 nitrogen and oxygen atoms in total. The van der Waals surface area contributed by atoms with E-state index in [1.165, 1.54) is 0 Å². The zero-order valence-corrected chi connectivity index (χ0v) is 13.6. The fourth-order valence-corrected chi connectivity index (χ4v) is 2.80. The van der Waals surface area contributed by atoms with Gasteiger partial charge in [-0.05, 0) is 37.3 Å². The topological polar surface area (TPSA) is 66.2 Å². The highest BCUT2D eigenvalue weighted by Gasteiger charge is 2.24. The number of hydrogen-bond acceptors (Lipinski definition) is 4. The van der Waals surface area contributed by atoms with E-state index in [0.717, 1.165) is 24.3 Å². The first-order chi connectivity index (χ1) is 11.7. The first-order valence-electron chi connectivity index (χ1n) is 8.04. The lowest BCUT2D eigenvalue weighted by molar-refractivity contribution is 0.0595. The molecule has 1 aromatic heterocycles. The van der Waals surface area contributed by atoms with Crippen LogP contribution < -0.4 is 4.74 Å². The predicted molar refractivity (Wildman–Crippen MR) is 89.7 cm³/mol. The maximum absolute atomic E-state index is 12.5. The third-order valence-corrected chi connectivity index (χ3v) is 4.15. The van der Waals surface area contributed by atoms with Crippen LogP contribution in [0.3, 0.4) is 0 Å². The van der Waals surface area contributed by atoms with E-state index in [1.54, 1.807) is 30.5 Å². The summed E-state index contributed by atoms with van der Waals surface area (Å²) < 4.78 is 5.94. The van der Waals surface area contributed by atoms with Gasteiger partial charge in [0.1, 0.15) is 11.9 Å². The molecular formula is C19H19N3O2. The van der Waals surface area contributed by atoms with Crippen LogP contribution in [0, 0.1) is 18.3 Å². The lowest BCUT2D eigenvalue weighted by atomic mass is 10.1. The van der Waals surface area contributed by atoms with Gasteiger partial charge in [0.25, 0.3) is 5.91 Å². The van der Waals surface area contributed by atoms with Crippen molar-refractivity contribution in [3.63, 3.8) is 0 Å². The van der Waals surface area contributed by atoms with E-state index in [0.29, 0.717) is 24.2 Å². The summed E-state index contributed by atoms with van der Waals surface area (Å²) >= 11 is 0. The first kappa shape index (κ1) is 16.0. The van der Waals surface area contributed by atoms with Crippen LogP contribution in [0.4, 0.5) is 0 Å². The highest BCUT2D eigenvalue weighted by Crippen LogP contribution is 2.20. The number of aromatic nitrogens is 1. The zero-order valence-electron chi connectivity index (χ0n) is 13.6. The number of ether oxygens (including phenoxy) is 1. The number of nitrogens with zero attached hydrogens (tertiary/aromatic N) is 3. The van der Waals surface area contributed by atoms with Gasteiger partial charge in [-0.25, -0.2) is 0 Å². The van der Waals surface area contributed by atoms with Gasteiger partial charge in [0, 0.05) is 37.2 Å². The van der Waals surface area contributed by atoms with Gasteiger partial charge in [0.05, 0.1) is 17.8 Å². The molecule has 0 aliphatic carbocycles. The van der Waals surface area contributed by atoms with E-state index < -0.39 is 0 Å². The van der Waals surface area contributed by atoms with Crippen molar-refractivity contribution in [2.24, 2.45) is 0 Å². The molecular weight excluding hydrogens is 302 g/mol. The molecule has 0 bridgehead atoms. The van der Waals surface area contributed by atoms with Gasteiger partial charge in [-0.3, -0.25) is 9.78 Å². The number of piperidine rings is 1. The molecule has 0 spiro atoms. The van der Waals surface area contributed by atoms with E-state index in [2.05, 4.69) is 11.1 Å². The monoisotopic (exact) mass is 321 g/mol. The highest BCUT2D eigenvalue weighted by atomic mass is 16.5. The lowest BCUT2D eigenvalue weighted by Crippen LogP contribution is -2.41. The van der Waals surface area contributed by atoms with Crippen molar-refractivity contribution < 1.29 is 9.53 Å². The molecule has 1 aliphatic heterocycles. The van der Waals surface area contributed by atoms with Crippen LogP contribution in [0.15, 0.2) is 42.6 Å². The van der Waals surface area contributed by atoms with Crippen molar-refractivity contribution in [2.45, 2.75) is 25.9 Å². The third kappa shape index (κ3) is 3.72. The maximum atomic E-state index is 12.5. The quantitative estimate of drug-likeness (QED) is 0.872. The largest absolute Gasteiger partial charge is 0.489 e. The standard InChI is InChI=1S/C19H19N3O2/c1-14-5-6-18(13-21-14)24-17-7-9-22(10-8-17)19(23)16-4-2-3-15(11-16)12-20/h2-6,11,13,17H,7-10H2,1H3. The fourth-order valence-electron chi connectivity index (χ4n) is 2.80. The van der Waals surface area contributed by atoms with E-state index in [4.69, 9.17) is 10.00 Å². The Labute approximate surface area is 141 Å². The minimum Gasteiger partial charge on any atom is -0.489 e. The van der Waals surface area contributed by atoms with Gasteiger partial charge in [-0.2, -0.15) is 5.26 Å². The Kier molecular flexibility index (Phi) is 4.76. The summed E-state index contributed by atoms with van der Waals surface area (Å²) in [5.41, 5.74) is 2.03. The van der Waals surface area contributed by atoms with Crippen LogP contribution in [0.1, 0.15) is 34.5 Å². The Morgan fingerprint density at radius 3 is 2.75 bits per heavy atom. The number of nitriles is 1. The van der Waals surface area contributed by atoms with E-state index in [-0.39, 0.29) is 12.0 Å². The van der Waals surface area contributed by atoms with Gasteiger partial charge in [-0.1, -0.05) is 6.07 Å². The number of hydrogen-bond donors (Lipinski definition) is 0. The number of aryl methyl sites for hydroxylation is 1. The summed E-state index contributed by atoms with van der Waals surface area (Å²) in [6.45, 7) is 3.24. The predicted octanol–water partition coefficient (Wildman–Crippen LogP) is 2.95. The summed E-state index contributed by atoms with van der Waals surface area (Å²) in [6.07, 6.45) is 3.42. The van der Waals surface area contributed by atoms with Gasteiger partial charge in [0.15, 0.2) is 0 Å². The Balaban J connectivity index is 1.57. The van der Waals surface area contributed by atoms with Crippen LogP contribution in [-0.2, 0) is 0 Å². The molecule has 0 unspecified atom stereocenters. The Morgan fingerprint density at radius 1 is 1.29 bits per heavy atom. The van der Waals surface area contributed by atoms with Crippen molar-refractivity contribution in [2.75, 3.05) is 13.1 Å². The van der Waals surface area contributed by atoms with E-state index >= 15 is 0 Å². The molecule has 2 aromatic rings. The molecule has 5 heteroatoms. The summed E-state index contributed by atoms with van der Waals surface area (Å²) in [7, 11) is 0. The molecule has 0 atom stereocenters. The average Bonchev–Trinajstić information content (AvgIpc) is 2.64. The molecule has 3 rings (SSSR count). The minimum absolute atomic E-state index is 0.0254. The Bertz CT molecular complexity index is 757. The molecule has 24 heavy (non-hydrogen) atoms. The smallest absolute Gasteiger partial charge is 0.253 e. The lowest BCUT2D eigenvalue weighted by Gasteiger charge is -2.32. The summed E-state index contributed by atoms with van der Waals surface area (Å²) in [6, 6.07) is 12.8. The van der Waals surface area contributed by atoms with Crippen molar-refractivity contribution in [3.05, 3.63) is 59.4 Å². The molecule has 1 aliphatic rings. The van der Waals surface area contributed by atoms with Gasteiger partial charge in [-0.15, -0.1) is 0 Å². The molecule has 1 saturated heterocycles. The fraction of sp³-hybridized carbons (Fsp3) is 0.316. The van der Waals surface area contributed by atoms with Crippen molar-refractivity contribution in [1.29, 1.82) is 5.26 Å². The Morgan fingerprint density at radius 2 is 2.08 bits per heavy atom. The second-order valence-corrected chi connectivity index (χ2v) is 5.94. The molecule has 1 fully saturated rings. The van der Waals surface area contributed by atoms with Gasteiger partial charge in [0.2, 0.25) is 0 Å². The van der Waals surface area contributed by atoms with E-state index in [9.17, 15) is 4.79 Å². The number of pyridine rings is 1. The molecule has 0 N–H and O–H groups in total. The highest BCUT2D eigenvalue weighted by molar-refractivity contribution is 5.94. The molecule has 2 heterocycles. The molecule has 122 valence electrons. The van der Waals surface area contributed by atoms with Crippen molar-refractivity contribution >= 4 is 5.91 Å². The minimum atomic E-state index is -0.0254. The number of carbonyl (C=O) groups excluding carboxylic acids is 1. The first-order valence-corrected chi connectivity index (χ1v) is 8.04. The van der Waals surface area contributed by atoms with Crippen LogP contribution >= 0.6 is 0 Å². The number of rotatable bonds is 3. The molecule has 1 aromatic carbocycles. The second-order valence-electron chi connectivity index (χ2n) is 5.94. The summed E-state index contributed by atoms with van der Waals surface area (Å²) in [5, 5.41) is 8.95. The Hall–Kier alpha value is -2.87. The second kappa shape index (κ2) is 7.14. The summed E-state index contributed by atoms with van der Waals surface area (Å²) in [4.78, 5) is 18.6. The van der Waals surface area contributed by atoms with E-state index in [1.807, 2.05) is 24.0 Å².